The minimum Gasteiger partial charge on any atom is -0.298 e. The third kappa shape index (κ3) is 3.09. The average Bonchev–Trinajstić information content (AvgIpc) is 3.08. The number of nitrogens with zero attached hydrogens (tertiary/aromatic N) is 3. The maximum atomic E-state index is 4.41. The molecule has 1 atom stereocenters. The SMILES string of the molecule is c1ccc2c(c1)CC[C@H](N1CCN(Cc3nccs3)CC1)C2. The van der Waals surface area contributed by atoms with E-state index in [1.54, 1.807) is 22.5 Å². The Morgan fingerprint density at radius 1 is 1.09 bits per heavy atom. The van der Waals surface area contributed by atoms with Crippen LogP contribution in [0.25, 0.3) is 0 Å². The molecule has 0 unspecified atom stereocenters. The first-order valence-electron chi connectivity index (χ1n) is 8.30. The lowest BCUT2D eigenvalue weighted by Gasteiger charge is -2.41. The summed E-state index contributed by atoms with van der Waals surface area (Å²) in [4.78, 5) is 9.67. The summed E-state index contributed by atoms with van der Waals surface area (Å²) in [6, 6.07) is 9.73. The Bertz CT molecular complexity index is 603. The Hall–Kier alpha value is -1.23. The summed E-state index contributed by atoms with van der Waals surface area (Å²) in [6.07, 6.45) is 5.72. The van der Waals surface area contributed by atoms with Crippen molar-refractivity contribution in [2.24, 2.45) is 0 Å². The molecule has 116 valence electrons. The molecule has 0 saturated carbocycles. The van der Waals surface area contributed by atoms with Crippen LogP contribution < -0.4 is 0 Å². The van der Waals surface area contributed by atoms with Crippen LogP contribution in [0, 0.1) is 0 Å². The predicted octanol–water partition coefficient (Wildman–Crippen LogP) is 2.82. The fourth-order valence-corrected chi connectivity index (χ4v) is 4.46. The molecule has 3 nitrogen and oxygen atoms in total. The first kappa shape index (κ1) is 14.4. The second kappa shape index (κ2) is 6.49. The summed E-state index contributed by atoms with van der Waals surface area (Å²) in [5, 5.41) is 3.32. The molecular formula is C18H23N3S. The van der Waals surface area contributed by atoms with Crippen molar-refractivity contribution in [1.29, 1.82) is 0 Å². The van der Waals surface area contributed by atoms with Gasteiger partial charge in [0.2, 0.25) is 0 Å². The van der Waals surface area contributed by atoms with E-state index in [4.69, 9.17) is 0 Å². The molecule has 1 saturated heterocycles. The van der Waals surface area contributed by atoms with Gasteiger partial charge in [0.15, 0.2) is 0 Å². The lowest BCUT2D eigenvalue weighted by Crippen LogP contribution is -2.51. The highest BCUT2D eigenvalue weighted by Crippen LogP contribution is 2.25. The van der Waals surface area contributed by atoms with Crippen LogP contribution in [0.1, 0.15) is 22.6 Å². The zero-order valence-corrected chi connectivity index (χ0v) is 13.8. The lowest BCUT2D eigenvalue weighted by atomic mass is 9.87. The van der Waals surface area contributed by atoms with Crippen LogP contribution in [-0.4, -0.2) is 47.0 Å². The number of benzene rings is 1. The lowest BCUT2D eigenvalue weighted by molar-refractivity contribution is 0.0856. The second-order valence-electron chi connectivity index (χ2n) is 6.40. The molecule has 0 bridgehead atoms. The van der Waals surface area contributed by atoms with Gasteiger partial charge in [-0.25, -0.2) is 4.98 Å². The Morgan fingerprint density at radius 2 is 1.91 bits per heavy atom. The summed E-state index contributed by atoms with van der Waals surface area (Å²) in [5.74, 6) is 0. The van der Waals surface area contributed by atoms with E-state index in [0.29, 0.717) is 0 Å². The zero-order chi connectivity index (χ0) is 14.8. The Labute approximate surface area is 136 Å². The summed E-state index contributed by atoms with van der Waals surface area (Å²) in [5.41, 5.74) is 3.14. The van der Waals surface area contributed by atoms with Crippen LogP contribution in [0.3, 0.4) is 0 Å². The van der Waals surface area contributed by atoms with Crippen molar-refractivity contribution in [2.75, 3.05) is 26.2 Å². The van der Waals surface area contributed by atoms with Crippen LogP contribution in [0.2, 0.25) is 0 Å². The van der Waals surface area contributed by atoms with Gasteiger partial charge in [0.05, 0.1) is 6.54 Å². The third-order valence-electron chi connectivity index (χ3n) is 5.09. The highest BCUT2D eigenvalue weighted by molar-refractivity contribution is 7.09. The molecule has 1 fully saturated rings. The van der Waals surface area contributed by atoms with E-state index in [1.807, 2.05) is 6.20 Å². The summed E-state index contributed by atoms with van der Waals surface area (Å²) in [7, 11) is 0. The Kier molecular flexibility index (Phi) is 4.24. The molecule has 0 spiro atoms. The van der Waals surface area contributed by atoms with Gasteiger partial charge in [-0.05, 0) is 30.4 Å². The van der Waals surface area contributed by atoms with E-state index >= 15 is 0 Å². The molecule has 2 aromatic rings. The van der Waals surface area contributed by atoms with E-state index in [1.165, 1.54) is 50.4 Å². The molecule has 0 N–H and O–H groups in total. The fourth-order valence-electron chi connectivity index (χ4n) is 3.80. The van der Waals surface area contributed by atoms with Gasteiger partial charge in [0.1, 0.15) is 5.01 Å². The zero-order valence-electron chi connectivity index (χ0n) is 12.9. The van der Waals surface area contributed by atoms with Crippen LogP contribution in [0.4, 0.5) is 0 Å². The Morgan fingerprint density at radius 3 is 2.68 bits per heavy atom. The number of aromatic nitrogens is 1. The van der Waals surface area contributed by atoms with Crippen molar-refractivity contribution in [3.8, 4) is 0 Å². The first-order chi connectivity index (χ1) is 10.9. The Balaban J connectivity index is 1.32. The van der Waals surface area contributed by atoms with Gasteiger partial charge in [0.25, 0.3) is 0 Å². The van der Waals surface area contributed by atoms with Gasteiger partial charge in [-0.2, -0.15) is 0 Å². The quantitative estimate of drug-likeness (QED) is 0.868. The molecule has 1 aromatic carbocycles. The van der Waals surface area contributed by atoms with Crippen LogP contribution in [-0.2, 0) is 19.4 Å². The van der Waals surface area contributed by atoms with E-state index in [0.717, 1.165) is 12.6 Å². The van der Waals surface area contributed by atoms with Crippen molar-refractivity contribution in [2.45, 2.75) is 31.8 Å². The maximum absolute atomic E-state index is 4.41. The van der Waals surface area contributed by atoms with Gasteiger partial charge in [-0.1, -0.05) is 24.3 Å². The molecule has 1 aliphatic carbocycles. The normalized spacial score (nSPS) is 23.4. The van der Waals surface area contributed by atoms with Crippen molar-refractivity contribution in [3.63, 3.8) is 0 Å². The van der Waals surface area contributed by atoms with E-state index in [-0.39, 0.29) is 0 Å². The molecule has 1 aromatic heterocycles. The predicted molar refractivity (Wildman–Crippen MR) is 91.2 cm³/mol. The first-order valence-corrected chi connectivity index (χ1v) is 9.18. The van der Waals surface area contributed by atoms with Crippen LogP contribution in [0.15, 0.2) is 35.8 Å². The summed E-state index contributed by atoms with van der Waals surface area (Å²) >= 11 is 1.77. The average molecular weight is 313 g/mol. The summed E-state index contributed by atoms with van der Waals surface area (Å²) < 4.78 is 0. The highest BCUT2D eigenvalue weighted by Gasteiger charge is 2.27. The van der Waals surface area contributed by atoms with Gasteiger partial charge in [0, 0.05) is 43.8 Å². The maximum Gasteiger partial charge on any atom is 0.107 e. The van der Waals surface area contributed by atoms with Gasteiger partial charge in [-0.3, -0.25) is 9.80 Å². The van der Waals surface area contributed by atoms with E-state index in [9.17, 15) is 0 Å². The van der Waals surface area contributed by atoms with Gasteiger partial charge >= 0.3 is 0 Å². The fraction of sp³-hybridized carbons (Fsp3) is 0.500. The monoisotopic (exact) mass is 313 g/mol. The molecule has 22 heavy (non-hydrogen) atoms. The van der Waals surface area contributed by atoms with Crippen molar-refractivity contribution >= 4 is 11.3 Å². The minimum atomic E-state index is 0.747. The molecular weight excluding hydrogens is 290 g/mol. The third-order valence-corrected chi connectivity index (χ3v) is 5.85. The van der Waals surface area contributed by atoms with E-state index in [2.05, 4.69) is 44.4 Å². The van der Waals surface area contributed by atoms with Crippen molar-refractivity contribution < 1.29 is 0 Å². The number of thiazole rings is 1. The van der Waals surface area contributed by atoms with Gasteiger partial charge in [-0.15, -0.1) is 11.3 Å². The molecule has 0 radical (unpaired) electrons. The molecule has 2 aliphatic rings. The molecule has 0 amide bonds. The summed E-state index contributed by atoms with van der Waals surface area (Å²) in [6.45, 7) is 5.80. The number of rotatable bonds is 3. The smallest absolute Gasteiger partial charge is 0.107 e. The molecule has 2 heterocycles. The standard InChI is InChI=1S/C18H23N3S/c1-2-4-16-13-17(6-5-15(16)3-1)21-10-8-20(9-11-21)14-18-19-7-12-22-18/h1-4,7,12,17H,5-6,8-11,13-14H2/t17-/m0/s1. The van der Waals surface area contributed by atoms with Crippen molar-refractivity contribution in [1.82, 2.24) is 14.8 Å². The second-order valence-corrected chi connectivity index (χ2v) is 7.38. The number of hydrogen-bond donors (Lipinski definition) is 0. The molecule has 4 heteroatoms. The topological polar surface area (TPSA) is 19.4 Å². The number of fused-ring (bicyclic) bond motifs is 1. The van der Waals surface area contributed by atoms with Crippen molar-refractivity contribution in [3.05, 3.63) is 52.0 Å². The number of aryl methyl sites for hydroxylation is 1. The van der Waals surface area contributed by atoms with Gasteiger partial charge < -0.3 is 0 Å². The van der Waals surface area contributed by atoms with E-state index < -0.39 is 0 Å². The molecule has 4 rings (SSSR count). The number of piperazine rings is 1. The number of hydrogen-bond acceptors (Lipinski definition) is 4. The minimum absolute atomic E-state index is 0.747. The molecule has 1 aliphatic heterocycles. The van der Waals surface area contributed by atoms with Crippen LogP contribution in [0.5, 0.6) is 0 Å². The highest BCUT2D eigenvalue weighted by atomic mass is 32.1. The largest absolute Gasteiger partial charge is 0.298 e. The van der Waals surface area contributed by atoms with Crippen LogP contribution >= 0.6 is 11.3 Å².